The minimum Gasteiger partial charge on any atom is -1.00 e. The number of anilines is 1. The van der Waals surface area contributed by atoms with Crippen LogP contribution in [0.4, 0.5) is 5.69 Å². The van der Waals surface area contributed by atoms with Gasteiger partial charge in [-0.25, -0.2) is 9.36 Å². The Morgan fingerprint density at radius 3 is 2.58 bits per heavy atom. The Morgan fingerprint density at radius 2 is 1.81 bits per heavy atom. The van der Waals surface area contributed by atoms with Crippen molar-refractivity contribution in [3.8, 4) is 11.1 Å². The van der Waals surface area contributed by atoms with Crippen LogP contribution in [0.25, 0.3) is 22.1 Å². The maximum atomic E-state index is 12.7. The molecule has 4 nitrogen and oxygen atoms in total. The summed E-state index contributed by atoms with van der Waals surface area (Å²) in [6.07, 6.45) is 8.36. The van der Waals surface area contributed by atoms with E-state index in [4.69, 9.17) is 4.42 Å². The van der Waals surface area contributed by atoms with E-state index in [1.165, 1.54) is 23.2 Å². The van der Waals surface area contributed by atoms with Gasteiger partial charge in [0.15, 0.2) is 12.4 Å². The molecule has 0 fully saturated rings. The highest BCUT2D eigenvalue weighted by Crippen LogP contribution is 2.40. The van der Waals surface area contributed by atoms with Gasteiger partial charge in [-0.3, -0.25) is 0 Å². The first-order valence-corrected chi connectivity index (χ1v) is 9.04. The zero-order valence-electron chi connectivity index (χ0n) is 14.8. The van der Waals surface area contributed by atoms with E-state index >= 15 is 0 Å². The first kappa shape index (κ1) is 17.3. The zero-order valence-corrected chi connectivity index (χ0v) is 16.4. The minimum atomic E-state index is -0.245. The molecule has 0 bridgehead atoms. The number of rotatable bonds is 1. The first-order valence-electron chi connectivity index (χ1n) is 9.04. The SMILES string of the molecule is C[n+]1ccc(-c2cc3cc4c5c(c3oc2=O)CCCN5CCC4)cc1.[Br-]. The Kier molecular flexibility index (Phi) is 4.35. The molecule has 0 radical (unpaired) electrons. The van der Waals surface area contributed by atoms with Gasteiger partial charge in [-0.1, -0.05) is 0 Å². The number of aryl methyl sites for hydroxylation is 3. The van der Waals surface area contributed by atoms with Crippen LogP contribution >= 0.6 is 0 Å². The fourth-order valence-electron chi connectivity index (χ4n) is 4.33. The Balaban J connectivity index is 0.00000168. The number of hydrogen-bond acceptors (Lipinski definition) is 3. The predicted molar refractivity (Wildman–Crippen MR) is 98.0 cm³/mol. The molecule has 26 heavy (non-hydrogen) atoms. The second-order valence-corrected chi connectivity index (χ2v) is 7.18. The number of benzene rings is 1. The molecule has 0 atom stereocenters. The van der Waals surface area contributed by atoms with Crippen molar-refractivity contribution >= 4 is 16.7 Å². The van der Waals surface area contributed by atoms with Crippen molar-refractivity contribution < 1.29 is 26.0 Å². The maximum Gasteiger partial charge on any atom is 0.344 e. The first-order chi connectivity index (χ1) is 12.2. The van der Waals surface area contributed by atoms with Crippen LogP contribution in [0, 0.1) is 0 Å². The summed E-state index contributed by atoms with van der Waals surface area (Å²) in [5.41, 5.74) is 6.08. The molecule has 0 unspecified atom stereocenters. The third kappa shape index (κ3) is 2.65. The number of nitrogens with zero attached hydrogens (tertiary/aromatic N) is 2. The molecule has 2 aromatic heterocycles. The average molecular weight is 413 g/mol. The lowest BCUT2D eigenvalue weighted by molar-refractivity contribution is -0.671. The van der Waals surface area contributed by atoms with Crippen molar-refractivity contribution in [1.29, 1.82) is 0 Å². The number of aromatic nitrogens is 1. The van der Waals surface area contributed by atoms with Gasteiger partial charge in [0.05, 0.1) is 5.56 Å². The highest BCUT2D eigenvalue weighted by molar-refractivity contribution is 5.90. The van der Waals surface area contributed by atoms with Gasteiger partial charge in [-0.05, 0) is 43.4 Å². The third-order valence-corrected chi connectivity index (χ3v) is 5.51. The Bertz CT molecular complexity index is 1040. The van der Waals surface area contributed by atoms with E-state index < -0.39 is 0 Å². The van der Waals surface area contributed by atoms with Crippen molar-refractivity contribution in [2.75, 3.05) is 18.0 Å². The summed E-state index contributed by atoms with van der Waals surface area (Å²) in [4.78, 5) is 15.1. The lowest BCUT2D eigenvalue weighted by Gasteiger charge is -2.37. The zero-order chi connectivity index (χ0) is 17.0. The molecule has 2 aliphatic rings. The van der Waals surface area contributed by atoms with E-state index in [9.17, 15) is 4.79 Å². The molecule has 0 saturated heterocycles. The van der Waals surface area contributed by atoms with Crippen LogP contribution in [0.3, 0.4) is 0 Å². The van der Waals surface area contributed by atoms with Crippen LogP contribution in [0.2, 0.25) is 0 Å². The van der Waals surface area contributed by atoms with Gasteiger partial charge in [-0.2, -0.15) is 0 Å². The lowest BCUT2D eigenvalue weighted by atomic mass is 9.89. The Morgan fingerprint density at radius 1 is 1.08 bits per heavy atom. The monoisotopic (exact) mass is 412 g/mol. The fraction of sp³-hybridized carbons (Fsp3) is 0.333. The van der Waals surface area contributed by atoms with E-state index in [1.54, 1.807) is 0 Å². The summed E-state index contributed by atoms with van der Waals surface area (Å²) in [5, 5.41) is 1.06. The van der Waals surface area contributed by atoms with Gasteiger partial charge in [-0.15, -0.1) is 0 Å². The molecule has 0 spiro atoms. The maximum absolute atomic E-state index is 12.7. The summed E-state index contributed by atoms with van der Waals surface area (Å²) in [6, 6.07) is 8.17. The molecular weight excluding hydrogens is 392 g/mol. The number of halogens is 1. The van der Waals surface area contributed by atoms with Crippen LogP contribution in [0.5, 0.6) is 0 Å². The number of fused-ring (bicyclic) bond motifs is 2. The number of pyridine rings is 1. The summed E-state index contributed by atoms with van der Waals surface area (Å²) in [6.45, 7) is 2.24. The molecule has 0 aliphatic carbocycles. The predicted octanol–water partition coefficient (Wildman–Crippen LogP) is -0.0127. The fourth-order valence-corrected chi connectivity index (χ4v) is 4.33. The second-order valence-electron chi connectivity index (χ2n) is 7.18. The van der Waals surface area contributed by atoms with Crippen molar-refractivity contribution in [2.24, 2.45) is 7.05 Å². The normalized spacial score (nSPS) is 15.5. The van der Waals surface area contributed by atoms with Crippen molar-refractivity contribution in [2.45, 2.75) is 25.7 Å². The van der Waals surface area contributed by atoms with Crippen molar-refractivity contribution in [3.05, 3.63) is 58.2 Å². The third-order valence-electron chi connectivity index (χ3n) is 5.51. The van der Waals surface area contributed by atoms with Crippen LogP contribution in [-0.4, -0.2) is 13.1 Å². The molecule has 5 rings (SSSR count). The summed E-state index contributed by atoms with van der Waals surface area (Å²) < 4.78 is 7.82. The molecule has 0 N–H and O–H groups in total. The molecular formula is C21H21BrN2O2. The molecule has 134 valence electrons. The summed E-state index contributed by atoms with van der Waals surface area (Å²) in [7, 11) is 1.97. The summed E-state index contributed by atoms with van der Waals surface area (Å²) in [5.74, 6) is 0. The molecule has 4 heterocycles. The van der Waals surface area contributed by atoms with Gasteiger partial charge < -0.3 is 26.3 Å². The van der Waals surface area contributed by atoms with Gasteiger partial charge >= 0.3 is 5.63 Å². The lowest BCUT2D eigenvalue weighted by Crippen LogP contribution is -3.00. The quantitative estimate of drug-likeness (QED) is 0.416. The minimum absolute atomic E-state index is 0. The van der Waals surface area contributed by atoms with E-state index in [0.29, 0.717) is 5.56 Å². The molecule has 3 aromatic rings. The Hall–Kier alpha value is -2.14. The van der Waals surface area contributed by atoms with Crippen LogP contribution in [-0.2, 0) is 19.9 Å². The van der Waals surface area contributed by atoms with E-state index in [0.717, 1.165) is 48.9 Å². The standard InChI is InChI=1S/C21H21N2O2.BrH/c1-22-10-6-14(7-11-22)18-13-16-12-15-4-2-8-23-9-3-5-17(19(15)23)20(16)25-21(18)24;/h6-7,10-13H,2-5,8-9H2,1H3;1H/q+1;/p-1. The second kappa shape index (κ2) is 6.54. The van der Waals surface area contributed by atoms with Crippen LogP contribution in [0.15, 0.2) is 45.9 Å². The Labute approximate surface area is 162 Å². The number of hydrogen-bond donors (Lipinski definition) is 0. The van der Waals surface area contributed by atoms with Crippen LogP contribution in [0.1, 0.15) is 24.0 Å². The topological polar surface area (TPSA) is 37.3 Å². The van der Waals surface area contributed by atoms with Gasteiger partial charge in [0.2, 0.25) is 0 Å². The van der Waals surface area contributed by atoms with Crippen molar-refractivity contribution in [1.82, 2.24) is 0 Å². The van der Waals surface area contributed by atoms with Crippen LogP contribution < -0.4 is 32.1 Å². The van der Waals surface area contributed by atoms with Gasteiger partial charge in [0.1, 0.15) is 12.6 Å². The van der Waals surface area contributed by atoms with Gasteiger partial charge in [0, 0.05) is 47.4 Å². The van der Waals surface area contributed by atoms with E-state index in [1.807, 2.05) is 42.2 Å². The molecule has 0 saturated carbocycles. The molecule has 2 aliphatic heterocycles. The van der Waals surface area contributed by atoms with Crippen molar-refractivity contribution in [3.63, 3.8) is 0 Å². The smallest absolute Gasteiger partial charge is 0.344 e. The largest absolute Gasteiger partial charge is 1.00 e. The highest BCUT2D eigenvalue weighted by Gasteiger charge is 2.27. The molecule has 0 amide bonds. The molecule has 1 aromatic carbocycles. The van der Waals surface area contributed by atoms with E-state index in [2.05, 4.69) is 11.0 Å². The summed E-state index contributed by atoms with van der Waals surface area (Å²) >= 11 is 0. The van der Waals surface area contributed by atoms with Gasteiger partial charge in [0.25, 0.3) is 0 Å². The highest BCUT2D eigenvalue weighted by atomic mass is 79.9. The van der Waals surface area contributed by atoms with E-state index in [-0.39, 0.29) is 22.6 Å². The molecule has 5 heteroatoms. The average Bonchev–Trinajstić information content (AvgIpc) is 2.63.